The maximum Gasteiger partial charge on any atom is 0.234 e. The predicted molar refractivity (Wildman–Crippen MR) is 65.2 cm³/mol. The summed E-state index contributed by atoms with van der Waals surface area (Å²) in [6.07, 6.45) is 7.73. The molecule has 0 saturated heterocycles. The summed E-state index contributed by atoms with van der Waals surface area (Å²) in [5.41, 5.74) is 0. The monoisotopic (exact) mass is 224 g/mol. The minimum atomic E-state index is 0.173. The van der Waals surface area contributed by atoms with Gasteiger partial charge in [-0.15, -0.1) is 0 Å². The normalized spacial score (nSPS) is 30.1. The summed E-state index contributed by atoms with van der Waals surface area (Å²) in [5, 5.41) is 6.29. The molecule has 2 aliphatic carbocycles. The molecule has 3 heteroatoms. The predicted octanol–water partition coefficient (Wildman–Crippen LogP) is 1.68. The maximum absolute atomic E-state index is 11.4. The van der Waals surface area contributed by atoms with E-state index in [1.165, 1.54) is 38.5 Å². The SMILES string of the molecule is CC1CCC(CNCC(=O)NC2CC2)CC1. The van der Waals surface area contributed by atoms with Gasteiger partial charge >= 0.3 is 0 Å². The molecule has 92 valence electrons. The first-order valence-corrected chi connectivity index (χ1v) is 6.74. The van der Waals surface area contributed by atoms with Crippen LogP contribution < -0.4 is 10.6 Å². The Hall–Kier alpha value is -0.570. The fourth-order valence-electron chi connectivity index (χ4n) is 2.43. The number of nitrogens with one attached hydrogen (secondary N) is 2. The topological polar surface area (TPSA) is 41.1 Å². The van der Waals surface area contributed by atoms with Crippen LogP contribution in [0, 0.1) is 11.8 Å². The number of hydrogen-bond donors (Lipinski definition) is 2. The molecule has 0 unspecified atom stereocenters. The van der Waals surface area contributed by atoms with Crippen molar-refractivity contribution in [2.45, 2.75) is 51.5 Å². The molecular weight excluding hydrogens is 200 g/mol. The van der Waals surface area contributed by atoms with E-state index in [-0.39, 0.29) is 5.91 Å². The highest BCUT2D eigenvalue weighted by Gasteiger charge is 2.23. The number of hydrogen-bond acceptors (Lipinski definition) is 2. The van der Waals surface area contributed by atoms with Crippen LogP contribution >= 0.6 is 0 Å². The average Bonchev–Trinajstić information content (AvgIpc) is 3.05. The van der Waals surface area contributed by atoms with Gasteiger partial charge in [-0.1, -0.05) is 19.8 Å². The Bertz CT molecular complexity index is 230. The lowest BCUT2D eigenvalue weighted by molar-refractivity contribution is -0.120. The highest BCUT2D eigenvalue weighted by Crippen LogP contribution is 2.27. The molecule has 0 aromatic rings. The first-order valence-electron chi connectivity index (χ1n) is 6.74. The molecule has 2 rings (SSSR count). The van der Waals surface area contributed by atoms with Gasteiger partial charge in [-0.2, -0.15) is 0 Å². The van der Waals surface area contributed by atoms with E-state index in [9.17, 15) is 4.79 Å². The summed E-state index contributed by atoms with van der Waals surface area (Å²) in [7, 11) is 0. The van der Waals surface area contributed by atoms with E-state index in [1.54, 1.807) is 0 Å². The van der Waals surface area contributed by atoms with Gasteiger partial charge in [0.05, 0.1) is 6.54 Å². The number of carbonyl (C=O) groups excluding carboxylic acids is 1. The molecular formula is C13H24N2O. The molecule has 0 aromatic heterocycles. The van der Waals surface area contributed by atoms with Crippen molar-refractivity contribution in [1.82, 2.24) is 10.6 Å². The van der Waals surface area contributed by atoms with Crippen LogP contribution in [0.3, 0.4) is 0 Å². The van der Waals surface area contributed by atoms with E-state index in [2.05, 4.69) is 17.6 Å². The van der Waals surface area contributed by atoms with Crippen molar-refractivity contribution < 1.29 is 4.79 Å². The lowest BCUT2D eigenvalue weighted by atomic mass is 9.83. The molecule has 16 heavy (non-hydrogen) atoms. The van der Waals surface area contributed by atoms with Gasteiger partial charge < -0.3 is 10.6 Å². The second-order valence-electron chi connectivity index (χ2n) is 5.60. The third-order valence-corrected chi connectivity index (χ3v) is 3.80. The number of amides is 1. The minimum Gasteiger partial charge on any atom is -0.352 e. The first kappa shape index (κ1) is 11.9. The van der Waals surface area contributed by atoms with Crippen LogP contribution in [0.25, 0.3) is 0 Å². The second-order valence-corrected chi connectivity index (χ2v) is 5.60. The number of rotatable bonds is 5. The maximum atomic E-state index is 11.4. The summed E-state index contributed by atoms with van der Waals surface area (Å²) in [5.74, 6) is 1.88. The Balaban J connectivity index is 1.51. The van der Waals surface area contributed by atoms with Crippen LogP contribution in [-0.2, 0) is 4.79 Å². The second kappa shape index (κ2) is 5.67. The van der Waals surface area contributed by atoms with Crippen molar-refractivity contribution >= 4 is 5.91 Å². The van der Waals surface area contributed by atoms with Crippen molar-refractivity contribution in [3.05, 3.63) is 0 Å². The van der Waals surface area contributed by atoms with Gasteiger partial charge in [0.2, 0.25) is 5.91 Å². The molecule has 3 nitrogen and oxygen atoms in total. The fourth-order valence-corrected chi connectivity index (χ4v) is 2.43. The van der Waals surface area contributed by atoms with Crippen LogP contribution in [0.5, 0.6) is 0 Å². The Kier molecular flexibility index (Phi) is 4.22. The molecule has 0 aromatic carbocycles. The van der Waals surface area contributed by atoms with Gasteiger partial charge in [-0.25, -0.2) is 0 Å². The average molecular weight is 224 g/mol. The van der Waals surface area contributed by atoms with E-state index in [0.29, 0.717) is 12.6 Å². The van der Waals surface area contributed by atoms with Gasteiger partial charge in [0, 0.05) is 6.04 Å². The molecule has 0 radical (unpaired) electrons. The van der Waals surface area contributed by atoms with E-state index in [0.717, 1.165) is 18.4 Å². The van der Waals surface area contributed by atoms with Gasteiger partial charge in [0.15, 0.2) is 0 Å². The zero-order valence-corrected chi connectivity index (χ0v) is 10.3. The van der Waals surface area contributed by atoms with Crippen LogP contribution in [-0.4, -0.2) is 25.0 Å². The molecule has 2 saturated carbocycles. The van der Waals surface area contributed by atoms with Gasteiger partial charge in [0.1, 0.15) is 0 Å². The lowest BCUT2D eigenvalue weighted by Gasteiger charge is -2.26. The minimum absolute atomic E-state index is 0.173. The van der Waals surface area contributed by atoms with Gasteiger partial charge in [0.25, 0.3) is 0 Å². The van der Waals surface area contributed by atoms with Crippen molar-refractivity contribution in [3.8, 4) is 0 Å². The van der Waals surface area contributed by atoms with E-state index in [1.807, 2.05) is 0 Å². The Morgan fingerprint density at radius 3 is 2.44 bits per heavy atom. The smallest absolute Gasteiger partial charge is 0.234 e. The molecule has 2 fully saturated rings. The number of carbonyl (C=O) groups is 1. The summed E-state index contributed by atoms with van der Waals surface area (Å²) < 4.78 is 0. The van der Waals surface area contributed by atoms with Crippen molar-refractivity contribution in [2.24, 2.45) is 11.8 Å². The fraction of sp³-hybridized carbons (Fsp3) is 0.923. The molecule has 2 N–H and O–H groups in total. The summed E-state index contributed by atoms with van der Waals surface area (Å²) in [6, 6.07) is 0.491. The highest BCUT2D eigenvalue weighted by atomic mass is 16.2. The molecule has 0 atom stereocenters. The Morgan fingerprint density at radius 1 is 1.12 bits per heavy atom. The van der Waals surface area contributed by atoms with Crippen LogP contribution in [0.2, 0.25) is 0 Å². The quantitative estimate of drug-likeness (QED) is 0.746. The lowest BCUT2D eigenvalue weighted by Crippen LogP contribution is -2.37. The third-order valence-electron chi connectivity index (χ3n) is 3.80. The molecule has 0 heterocycles. The van der Waals surface area contributed by atoms with E-state index < -0.39 is 0 Å². The Morgan fingerprint density at radius 2 is 1.81 bits per heavy atom. The summed E-state index contributed by atoms with van der Waals surface area (Å²) in [6.45, 7) is 3.86. The molecule has 0 aliphatic heterocycles. The molecule has 2 aliphatic rings. The van der Waals surface area contributed by atoms with Crippen molar-refractivity contribution in [1.29, 1.82) is 0 Å². The first-order chi connectivity index (χ1) is 7.74. The van der Waals surface area contributed by atoms with E-state index in [4.69, 9.17) is 0 Å². The molecule has 1 amide bonds. The van der Waals surface area contributed by atoms with Crippen LogP contribution in [0.4, 0.5) is 0 Å². The molecule has 0 bridgehead atoms. The zero-order chi connectivity index (χ0) is 11.4. The Labute approximate surface area is 98.4 Å². The largest absolute Gasteiger partial charge is 0.352 e. The highest BCUT2D eigenvalue weighted by molar-refractivity contribution is 5.78. The van der Waals surface area contributed by atoms with Crippen molar-refractivity contribution in [2.75, 3.05) is 13.1 Å². The van der Waals surface area contributed by atoms with Gasteiger partial charge in [-0.05, 0) is 44.1 Å². The van der Waals surface area contributed by atoms with Crippen molar-refractivity contribution in [3.63, 3.8) is 0 Å². The van der Waals surface area contributed by atoms with Gasteiger partial charge in [-0.3, -0.25) is 4.79 Å². The summed E-state index contributed by atoms with van der Waals surface area (Å²) >= 11 is 0. The standard InChI is InChI=1S/C13H24N2O/c1-10-2-4-11(5-3-10)8-14-9-13(16)15-12-6-7-12/h10-12,14H,2-9H2,1H3,(H,15,16). The van der Waals surface area contributed by atoms with Crippen LogP contribution in [0.1, 0.15) is 45.4 Å². The zero-order valence-electron chi connectivity index (χ0n) is 10.3. The third kappa shape index (κ3) is 4.12. The van der Waals surface area contributed by atoms with Crippen LogP contribution in [0.15, 0.2) is 0 Å². The molecule has 0 spiro atoms. The van der Waals surface area contributed by atoms with E-state index >= 15 is 0 Å². The summed E-state index contributed by atoms with van der Waals surface area (Å²) in [4.78, 5) is 11.4.